The SMILES string of the molecule is COc1ccc(S(=O)(=O)Nc2cccc(NC(N)=O)c2)cc1OC. The lowest BCUT2D eigenvalue weighted by Crippen LogP contribution is -2.19. The predicted molar refractivity (Wildman–Crippen MR) is 90.0 cm³/mol. The molecule has 0 unspecified atom stereocenters. The van der Waals surface area contributed by atoms with Crippen molar-refractivity contribution >= 4 is 27.4 Å². The Labute approximate surface area is 139 Å². The fraction of sp³-hybridized carbons (Fsp3) is 0.133. The van der Waals surface area contributed by atoms with E-state index in [9.17, 15) is 13.2 Å². The van der Waals surface area contributed by atoms with Gasteiger partial charge in [-0.25, -0.2) is 13.2 Å². The van der Waals surface area contributed by atoms with Gasteiger partial charge < -0.3 is 20.5 Å². The summed E-state index contributed by atoms with van der Waals surface area (Å²) in [7, 11) is -0.968. The average molecular weight is 351 g/mol. The molecule has 128 valence electrons. The molecule has 4 N–H and O–H groups in total. The minimum absolute atomic E-state index is 0.00779. The fourth-order valence-electron chi connectivity index (χ4n) is 2.00. The number of anilines is 2. The lowest BCUT2D eigenvalue weighted by Gasteiger charge is -2.12. The standard InChI is InChI=1S/C15H17N3O5S/c1-22-13-7-6-12(9-14(13)23-2)24(20,21)18-11-5-3-4-10(8-11)17-15(16)19/h3-9,18H,1-2H3,(H3,16,17,19). The van der Waals surface area contributed by atoms with Crippen molar-refractivity contribution in [2.75, 3.05) is 24.3 Å². The molecule has 2 rings (SSSR count). The van der Waals surface area contributed by atoms with Crippen LogP contribution in [0.25, 0.3) is 0 Å². The van der Waals surface area contributed by atoms with E-state index in [1.54, 1.807) is 18.2 Å². The molecule has 24 heavy (non-hydrogen) atoms. The van der Waals surface area contributed by atoms with Crippen LogP contribution in [0.15, 0.2) is 47.4 Å². The van der Waals surface area contributed by atoms with Gasteiger partial charge in [0.1, 0.15) is 0 Å². The first-order valence-electron chi connectivity index (χ1n) is 6.77. The number of carbonyl (C=O) groups excluding carboxylic acids is 1. The second kappa shape index (κ2) is 7.09. The van der Waals surface area contributed by atoms with Crippen LogP contribution in [-0.2, 0) is 10.0 Å². The molecular formula is C15H17N3O5S. The van der Waals surface area contributed by atoms with Crippen LogP contribution in [0.4, 0.5) is 16.2 Å². The molecule has 0 heterocycles. The first-order chi connectivity index (χ1) is 11.4. The summed E-state index contributed by atoms with van der Waals surface area (Å²) in [6, 6.07) is 9.67. The quantitative estimate of drug-likeness (QED) is 0.735. The first kappa shape index (κ1) is 17.4. The maximum atomic E-state index is 12.5. The van der Waals surface area contributed by atoms with Gasteiger partial charge in [0.2, 0.25) is 0 Å². The van der Waals surface area contributed by atoms with Gasteiger partial charge in [-0.05, 0) is 30.3 Å². The van der Waals surface area contributed by atoms with Crippen LogP contribution < -0.4 is 25.2 Å². The molecule has 0 saturated carbocycles. The number of nitrogens with one attached hydrogen (secondary N) is 2. The van der Waals surface area contributed by atoms with E-state index in [2.05, 4.69) is 10.0 Å². The van der Waals surface area contributed by atoms with Gasteiger partial charge in [-0.15, -0.1) is 0 Å². The van der Waals surface area contributed by atoms with Crippen molar-refractivity contribution in [3.05, 3.63) is 42.5 Å². The van der Waals surface area contributed by atoms with Crippen molar-refractivity contribution in [1.29, 1.82) is 0 Å². The summed E-state index contributed by atoms with van der Waals surface area (Å²) in [5.41, 5.74) is 5.68. The zero-order chi connectivity index (χ0) is 17.7. The molecule has 0 aliphatic carbocycles. The Morgan fingerprint density at radius 3 is 2.29 bits per heavy atom. The lowest BCUT2D eigenvalue weighted by atomic mass is 10.3. The van der Waals surface area contributed by atoms with Crippen molar-refractivity contribution in [2.45, 2.75) is 4.90 Å². The minimum atomic E-state index is -3.85. The van der Waals surface area contributed by atoms with Crippen LogP contribution in [0.5, 0.6) is 11.5 Å². The number of carbonyl (C=O) groups is 1. The fourth-order valence-corrected chi connectivity index (χ4v) is 3.06. The Morgan fingerprint density at radius 2 is 1.67 bits per heavy atom. The summed E-state index contributed by atoms with van der Waals surface area (Å²) < 4.78 is 37.6. The third-order valence-corrected chi connectivity index (χ3v) is 4.43. The van der Waals surface area contributed by atoms with E-state index >= 15 is 0 Å². The molecule has 0 bridgehead atoms. The smallest absolute Gasteiger partial charge is 0.316 e. The van der Waals surface area contributed by atoms with Gasteiger partial charge in [-0.3, -0.25) is 4.72 Å². The zero-order valence-corrected chi connectivity index (χ0v) is 13.9. The number of amides is 2. The number of ether oxygens (including phenoxy) is 2. The third-order valence-electron chi connectivity index (χ3n) is 3.05. The molecular weight excluding hydrogens is 334 g/mol. The van der Waals surface area contributed by atoms with Crippen LogP contribution in [0, 0.1) is 0 Å². The predicted octanol–water partition coefficient (Wildman–Crippen LogP) is 2.00. The van der Waals surface area contributed by atoms with E-state index in [0.717, 1.165) is 0 Å². The van der Waals surface area contributed by atoms with Crippen LogP contribution in [0.2, 0.25) is 0 Å². The Hall–Kier alpha value is -2.94. The van der Waals surface area contributed by atoms with Gasteiger partial charge >= 0.3 is 6.03 Å². The molecule has 8 nitrogen and oxygen atoms in total. The summed E-state index contributed by atoms with van der Waals surface area (Å²) in [5.74, 6) is 0.716. The van der Waals surface area contributed by atoms with Crippen LogP contribution in [0.3, 0.4) is 0 Å². The van der Waals surface area contributed by atoms with Crippen molar-refractivity contribution < 1.29 is 22.7 Å². The number of hydrogen-bond acceptors (Lipinski definition) is 5. The molecule has 0 aromatic heterocycles. The molecule has 2 aromatic rings. The molecule has 0 atom stereocenters. The number of nitrogens with two attached hydrogens (primary N) is 1. The van der Waals surface area contributed by atoms with Gasteiger partial charge in [0, 0.05) is 11.8 Å². The van der Waals surface area contributed by atoms with Crippen molar-refractivity contribution in [3.8, 4) is 11.5 Å². The van der Waals surface area contributed by atoms with Gasteiger partial charge in [0.15, 0.2) is 11.5 Å². The largest absolute Gasteiger partial charge is 0.493 e. The van der Waals surface area contributed by atoms with Gasteiger partial charge in [-0.1, -0.05) is 6.07 Å². The van der Waals surface area contributed by atoms with E-state index in [0.29, 0.717) is 17.2 Å². The third kappa shape index (κ3) is 4.07. The van der Waals surface area contributed by atoms with Gasteiger partial charge in [0.25, 0.3) is 10.0 Å². The summed E-state index contributed by atoms with van der Waals surface area (Å²) in [5, 5.41) is 2.37. The lowest BCUT2D eigenvalue weighted by molar-refractivity contribution is 0.259. The summed E-state index contributed by atoms with van der Waals surface area (Å²) in [6.45, 7) is 0. The summed E-state index contributed by atoms with van der Waals surface area (Å²) in [6.07, 6.45) is 0. The van der Waals surface area contributed by atoms with Gasteiger partial charge in [-0.2, -0.15) is 0 Å². The minimum Gasteiger partial charge on any atom is -0.493 e. The Morgan fingerprint density at radius 1 is 1.00 bits per heavy atom. The second-order valence-electron chi connectivity index (χ2n) is 4.69. The van der Waals surface area contributed by atoms with E-state index in [1.165, 1.54) is 38.5 Å². The molecule has 0 radical (unpaired) electrons. The second-order valence-corrected chi connectivity index (χ2v) is 6.37. The number of methoxy groups -OCH3 is 2. The monoisotopic (exact) mass is 351 g/mol. The maximum Gasteiger partial charge on any atom is 0.316 e. The topological polar surface area (TPSA) is 120 Å². The molecule has 2 amide bonds. The molecule has 0 saturated heterocycles. The van der Waals surface area contributed by atoms with Crippen LogP contribution in [-0.4, -0.2) is 28.7 Å². The number of urea groups is 1. The average Bonchev–Trinajstić information content (AvgIpc) is 2.53. The van der Waals surface area contributed by atoms with E-state index in [-0.39, 0.29) is 10.6 Å². The van der Waals surface area contributed by atoms with Crippen molar-refractivity contribution in [3.63, 3.8) is 0 Å². The van der Waals surface area contributed by atoms with E-state index in [1.807, 2.05) is 0 Å². The first-order valence-corrected chi connectivity index (χ1v) is 8.25. The van der Waals surface area contributed by atoms with Crippen molar-refractivity contribution in [2.24, 2.45) is 5.73 Å². The normalized spacial score (nSPS) is 10.8. The van der Waals surface area contributed by atoms with Gasteiger partial charge in [0.05, 0.1) is 24.8 Å². The molecule has 0 spiro atoms. The Kier molecular flexibility index (Phi) is 5.14. The highest BCUT2D eigenvalue weighted by molar-refractivity contribution is 7.92. The molecule has 9 heteroatoms. The Balaban J connectivity index is 2.30. The number of primary amides is 1. The van der Waals surface area contributed by atoms with E-state index in [4.69, 9.17) is 15.2 Å². The number of benzene rings is 2. The highest BCUT2D eigenvalue weighted by Gasteiger charge is 2.17. The molecule has 2 aromatic carbocycles. The van der Waals surface area contributed by atoms with Crippen molar-refractivity contribution in [1.82, 2.24) is 0 Å². The maximum absolute atomic E-state index is 12.5. The highest BCUT2D eigenvalue weighted by atomic mass is 32.2. The van der Waals surface area contributed by atoms with Crippen LogP contribution in [0.1, 0.15) is 0 Å². The Bertz CT molecular complexity index is 852. The number of rotatable bonds is 6. The summed E-state index contributed by atoms with van der Waals surface area (Å²) in [4.78, 5) is 10.9. The number of hydrogen-bond donors (Lipinski definition) is 3. The zero-order valence-electron chi connectivity index (χ0n) is 13.1. The molecule has 0 aliphatic heterocycles. The molecule has 0 fully saturated rings. The van der Waals surface area contributed by atoms with Crippen LogP contribution >= 0.6 is 0 Å². The number of sulfonamides is 1. The van der Waals surface area contributed by atoms with E-state index < -0.39 is 16.1 Å². The summed E-state index contributed by atoms with van der Waals surface area (Å²) >= 11 is 0. The highest BCUT2D eigenvalue weighted by Crippen LogP contribution is 2.30. The molecule has 0 aliphatic rings.